The molecule has 0 atom stereocenters. The number of carbonyl (C=O) groups excluding carboxylic acids is 1. The van der Waals surface area contributed by atoms with Crippen LogP contribution in [0.3, 0.4) is 0 Å². The largest absolute Gasteiger partial charge is 0.488 e. The normalized spacial score (nSPS) is 10.0. The number of halogens is 1. The summed E-state index contributed by atoms with van der Waals surface area (Å²) < 4.78 is 2.21. The molecule has 0 saturated heterocycles. The van der Waals surface area contributed by atoms with Gasteiger partial charge in [0.25, 0.3) is 0 Å². The van der Waals surface area contributed by atoms with Crippen molar-refractivity contribution >= 4 is 34.3 Å². The van der Waals surface area contributed by atoms with Crippen LogP contribution >= 0.6 is 15.9 Å². The third-order valence-electron chi connectivity index (χ3n) is 3.41. The van der Waals surface area contributed by atoms with E-state index in [1.165, 1.54) is 12.5 Å². The number of ketones is 1. The van der Waals surface area contributed by atoms with Crippen molar-refractivity contribution in [3.63, 3.8) is 0 Å². The molecule has 22 heavy (non-hydrogen) atoms. The van der Waals surface area contributed by atoms with Gasteiger partial charge in [-0.15, -0.1) is 0 Å². The van der Waals surface area contributed by atoms with Crippen LogP contribution in [0.4, 0.5) is 0 Å². The third kappa shape index (κ3) is 4.79. The topological polar surface area (TPSA) is 75.4 Å². The van der Waals surface area contributed by atoms with Crippen LogP contribution in [-0.4, -0.2) is 32.7 Å². The number of Topliss-reactive ketones (excluding diaryl/α,β-unsaturated/α-hetero) is 1. The lowest BCUT2D eigenvalue weighted by molar-refractivity contribution is 0.101. The number of benzene rings is 1. The van der Waals surface area contributed by atoms with Crippen LogP contribution in [0.2, 0.25) is 0 Å². The van der Waals surface area contributed by atoms with Crippen LogP contribution < -0.4 is 5.46 Å². The molecule has 5 nitrogen and oxygen atoms in total. The molecule has 0 spiro atoms. The van der Waals surface area contributed by atoms with Crippen LogP contribution in [0.25, 0.3) is 0 Å². The maximum atomic E-state index is 10.8. The van der Waals surface area contributed by atoms with Gasteiger partial charge in [0.2, 0.25) is 0 Å². The van der Waals surface area contributed by atoms with Crippen molar-refractivity contribution in [2.24, 2.45) is 7.05 Å². The molecule has 2 N–H and O–H groups in total. The van der Waals surface area contributed by atoms with Gasteiger partial charge in [0, 0.05) is 13.2 Å². The summed E-state index contributed by atoms with van der Waals surface area (Å²) in [6.45, 7) is 7.47. The molecule has 0 amide bonds. The van der Waals surface area contributed by atoms with Gasteiger partial charge in [-0.05, 0) is 65.8 Å². The lowest BCUT2D eigenvalue weighted by Gasteiger charge is -2.07. The lowest BCUT2D eigenvalue weighted by atomic mass is 9.78. The highest BCUT2D eigenvalue weighted by Crippen LogP contribution is 2.13. The van der Waals surface area contributed by atoms with E-state index in [1.54, 1.807) is 30.1 Å². The standard InChI is InChI=1S/C9H13BO2.C6H7BrN2O/c1-6-4-9(10(11)12)5-7(2)8(6)3;1-4(10)5-3-9(2)8-6(5)7/h4-5,11-12H,1-3H3;3H,1-2H3. The first kappa shape index (κ1) is 18.6. The molecule has 118 valence electrons. The zero-order valence-electron chi connectivity index (χ0n) is 13.4. The maximum absolute atomic E-state index is 10.8. The fraction of sp³-hybridized carbons (Fsp3) is 0.333. The Hall–Kier alpha value is -1.44. The fourth-order valence-corrected chi connectivity index (χ4v) is 2.55. The molecule has 0 saturated carbocycles. The molecule has 7 heteroatoms. The molecule has 0 aliphatic rings. The average molecular weight is 367 g/mol. The summed E-state index contributed by atoms with van der Waals surface area (Å²) in [5.41, 5.74) is 4.59. The quantitative estimate of drug-likeness (QED) is 0.626. The zero-order valence-corrected chi connectivity index (χ0v) is 15.0. The number of hydrogen-bond donors (Lipinski definition) is 2. The number of hydrogen-bond acceptors (Lipinski definition) is 4. The molecule has 0 bridgehead atoms. The van der Waals surface area contributed by atoms with E-state index in [0.29, 0.717) is 15.6 Å². The van der Waals surface area contributed by atoms with Crippen molar-refractivity contribution < 1.29 is 14.8 Å². The van der Waals surface area contributed by atoms with Gasteiger partial charge in [0.05, 0.1) is 5.56 Å². The second kappa shape index (κ2) is 7.71. The minimum absolute atomic E-state index is 0.0278. The minimum Gasteiger partial charge on any atom is -0.423 e. The van der Waals surface area contributed by atoms with Crippen LogP contribution in [0.1, 0.15) is 34.0 Å². The zero-order chi connectivity index (χ0) is 17.0. The van der Waals surface area contributed by atoms with Crippen molar-refractivity contribution in [2.45, 2.75) is 27.7 Å². The van der Waals surface area contributed by atoms with Crippen LogP contribution in [0.15, 0.2) is 22.9 Å². The smallest absolute Gasteiger partial charge is 0.423 e. The van der Waals surface area contributed by atoms with E-state index in [2.05, 4.69) is 21.0 Å². The predicted octanol–water partition coefficient (Wildman–Crippen LogP) is 1.68. The molecular formula is C15H20BBrN2O3. The Morgan fingerprint density at radius 1 is 1.23 bits per heavy atom. The van der Waals surface area contributed by atoms with Crippen molar-refractivity contribution in [2.75, 3.05) is 0 Å². The number of rotatable bonds is 2. The van der Waals surface area contributed by atoms with Gasteiger partial charge in [-0.3, -0.25) is 9.48 Å². The van der Waals surface area contributed by atoms with Crippen molar-refractivity contribution in [3.05, 3.63) is 45.2 Å². The molecule has 1 aromatic heterocycles. The van der Waals surface area contributed by atoms with Gasteiger partial charge in [0.15, 0.2) is 5.78 Å². The average Bonchev–Trinajstić information content (AvgIpc) is 2.75. The Morgan fingerprint density at radius 2 is 1.73 bits per heavy atom. The summed E-state index contributed by atoms with van der Waals surface area (Å²) in [6, 6.07) is 3.60. The molecule has 0 radical (unpaired) electrons. The van der Waals surface area contributed by atoms with Gasteiger partial charge in [-0.25, -0.2) is 0 Å². The molecule has 0 unspecified atom stereocenters. The SMILES string of the molecule is CC(=O)c1cn(C)nc1Br.Cc1cc(B(O)O)cc(C)c1C. The van der Waals surface area contributed by atoms with Gasteiger partial charge in [-0.1, -0.05) is 12.1 Å². The summed E-state index contributed by atoms with van der Waals surface area (Å²) in [6.07, 6.45) is 1.69. The summed E-state index contributed by atoms with van der Waals surface area (Å²) in [7, 11) is 0.417. The number of carbonyl (C=O) groups is 1. The van der Waals surface area contributed by atoms with Gasteiger partial charge >= 0.3 is 7.12 Å². The lowest BCUT2D eigenvalue weighted by Crippen LogP contribution is -2.30. The van der Waals surface area contributed by atoms with Gasteiger partial charge in [-0.2, -0.15) is 5.10 Å². The van der Waals surface area contributed by atoms with E-state index in [-0.39, 0.29) is 5.78 Å². The first-order valence-electron chi connectivity index (χ1n) is 6.77. The Morgan fingerprint density at radius 3 is 2.00 bits per heavy atom. The summed E-state index contributed by atoms with van der Waals surface area (Å²) in [5.74, 6) is 0.0278. The Balaban J connectivity index is 0.000000224. The van der Waals surface area contributed by atoms with Gasteiger partial charge in [0.1, 0.15) is 4.60 Å². The van der Waals surface area contributed by atoms with E-state index >= 15 is 0 Å². The monoisotopic (exact) mass is 366 g/mol. The second-order valence-electron chi connectivity index (χ2n) is 5.22. The molecule has 2 rings (SSSR count). The fourth-order valence-electron chi connectivity index (χ4n) is 1.92. The molecule has 2 aromatic rings. The first-order chi connectivity index (χ1) is 10.1. The highest BCUT2D eigenvalue weighted by molar-refractivity contribution is 9.10. The summed E-state index contributed by atoms with van der Waals surface area (Å²) >= 11 is 3.16. The Bertz CT molecular complexity index is 660. The predicted molar refractivity (Wildman–Crippen MR) is 91.4 cm³/mol. The Labute approximate surface area is 139 Å². The highest BCUT2D eigenvalue weighted by atomic mass is 79.9. The minimum atomic E-state index is -1.36. The maximum Gasteiger partial charge on any atom is 0.488 e. The number of aromatic nitrogens is 2. The van der Waals surface area contributed by atoms with E-state index < -0.39 is 7.12 Å². The molecule has 1 aromatic carbocycles. The van der Waals surface area contributed by atoms with E-state index in [4.69, 9.17) is 10.0 Å². The van der Waals surface area contributed by atoms with E-state index in [9.17, 15) is 4.79 Å². The van der Waals surface area contributed by atoms with Crippen LogP contribution in [0, 0.1) is 20.8 Å². The van der Waals surface area contributed by atoms with Crippen molar-refractivity contribution in [1.29, 1.82) is 0 Å². The van der Waals surface area contributed by atoms with E-state index in [0.717, 1.165) is 11.1 Å². The van der Waals surface area contributed by atoms with Crippen LogP contribution in [-0.2, 0) is 7.05 Å². The molecule has 0 aliphatic carbocycles. The highest BCUT2D eigenvalue weighted by Gasteiger charge is 2.12. The summed E-state index contributed by atoms with van der Waals surface area (Å²) in [4.78, 5) is 10.8. The molecule has 0 aliphatic heterocycles. The number of aryl methyl sites for hydroxylation is 3. The first-order valence-corrected chi connectivity index (χ1v) is 7.56. The number of nitrogens with zero attached hydrogens (tertiary/aromatic N) is 2. The van der Waals surface area contributed by atoms with E-state index in [1.807, 2.05) is 20.8 Å². The molecule has 1 heterocycles. The Kier molecular flexibility index (Phi) is 6.53. The molecule has 0 fully saturated rings. The van der Waals surface area contributed by atoms with Crippen LogP contribution in [0.5, 0.6) is 0 Å². The molecular weight excluding hydrogens is 347 g/mol. The van der Waals surface area contributed by atoms with Crippen molar-refractivity contribution in [3.8, 4) is 0 Å². The second-order valence-corrected chi connectivity index (χ2v) is 5.97. The van der Waals surface area contributed by atoms with Crippen molar-refractivity contribution in [1.82, 2.24) is 9.78 Å². The third-order valence-corrected chi connectivity index (χ3v) is 4.00. The summed E-state index contributed by atoms with van der Waals surface area (Å²) in [5, 5.41) is 21.8. The van der Waals surface area contributed by atoms with Gasteiger partial charge < -0.3 is 10.0 Å².